The molecule has 0 bridgehead atoms. The zero-order chi connectivity index (χ0) is 17.6. The molecule has 5 nitrogen and oxygen atoms in total. The second-order valence-electron chi connectivity index (χ2n) is 6.27. The van der Waals surface area contributed by atoms with Gasteiger partial charge in [-0.05, 0) is 60.6 Å². The van der Waals surface area contributed by atoms with Crippen LogP contribution in [0.5, 0.6) is 5.75 Å². The van der Waals surface area contributed by atoms with Gasteiger partial charge in [-0.1, -0.05) is 24.3 Å². The van der Waals surface area contributed by atoms with E-state index in [4.69, 9.17) is 4.74 Å². The minimum absolute atomic E-state index is 0.146. The van der Waals surface area contributed by atoms with Gasteiger partial charge in [0.1, 0.15) is 5.75 Å². The number of fused-ring (bicyclic) bond motifs is 1. The van der Waals surface area contributed by atoms with Crippen LogP contribution in [0, 0.1) is 0 Å². The third-order valence-electron chi connectivity index (χ3n) is 4.60. The van der Waals surface area contributed by atoms with Crippen LogP contribution in [0.25, 0.3) is 0 Å². The van der Waals surface area contributed by atoms with Crippen molar-refractivity contribution >= 4 is 11.7 Å². The van der Waals surface area contributed by atoms with Crippen LogP contribution in [0.15, 0.2) is 42.5 Å². The van der Waals surface area contributed by atoms with E-state index < -0.39 is 6.10 Å². The zero-order valence-corrected chi connectivity index (χ0v) is 14.4. The number of urea groups is 1. The second-order valence-corrected chi connectivity index (χ2v) is 6.27. The average molecular weight is 340 g/mol. The Labute approximate surface area is 148 Å². The van der Waals surface area contributed by atoms with Crippen LogP contribution in [-0.2, 0) is 12.8 Å². The van der Waals surface area contributed by atoms with Crippen LogP contribution in [-0.4, -0.2) is 24.8 Å². The molecular formula is C20H24N2O3. The molecule has 2 amide bonds. The number of benzene rings is 2. The van der Waals surface area contributed by atoms with Gasteiger partial charge in [0, 0.05) is 12.2 Å². The largest absolute Gasteiger partial charge is 0.497 e. The number of hydrogen-bond acceptors (Lipinski definition) is 3. The monoisotopic (exact) mass is 340 g/mol. The number of aryl methyl sites for hydroxylation is 1. The number of amides is 2. The summed E-state index contributed by atoms with van der Waals surface area (Å²) in [6.07, 6.45) is 3.67. The molecule has 0 saturated heterocycles. The van der Waals surface area contributed by atoms with Crippen molar-refractivity contribution in [2.45, 2.75) is 31.8 Å². The first kappa shape index (κ1) is 17.3. The molecule has 0 fully saturated rings. The van der Waals surface area contributed by atoms with Gasteiger partial charge in [0.25, 0.3) is 0 Å². The third-order valence-corrected chi connectivity index (χ3v) is 4.60. The maximum absolute atomic E-state index is 12.2. The van der Waals surface area contributed by atoms with Gasteiger partial charge in [0.2, 0.25) is 0 Å². The lowest BCUT2D eigenvalue weighted by Gasteiger charge is -2.20. The van der Waals surface area contributed by atoms with Gasteiger partial charge in [0.05, 0.1) is 13.2 Å². The van der Waals surface area contributed by atoms with E-state index in [1.54, 1.807) is 31.4 Å². The Morgan fingerprint density at radius 3 is 2.68 bits per heavy atom. The van der Waals surface area contributed by atoms with Crippen LogP contribution in [0.1, 0.15) is 35.6 Å². The van der Waals surface area contributed by atoms with Crippen LogP contribution in [0.2, 0.25) is 0 Å². The lowest BCUT2D eigenvalue weighted by Crippen LogP contribution is -2.32. The Kier molecular flexibility index (Phi) is 5.56. The van der Waals surface area contributed by atoms with Crippen molar-refractivity contribution in [1.82, 2.24) is 5.32 Å². The fraction of sp³-hybridized carbons (Fsp3) is 0.350. The fourth-order valence-corrected chi connectivity index (χ4v) is 3.20. The van der Waals surface area contributed by atoms with E-state index in [0.717, 1.165) is 36.3 Å². The number of hydrogen-bond donors (Lipinski definition) is 3. The SMILES string of the molecule is COc1ccc([C@H](O)CNC(=O)Nc2cccc3c2CCCC3)cc1. The quantitative estimate of drug-likeness (QED) is 0.781. The van der Waals surface area contributed by atoms with Crippen molar-refractivity contribution in [2.75, 3.05) is 19.0 Å². The summed E-state index contributed by atoms with van der Waals surface area (Å²) in [5.41, 5.74) is 4.16. The summed E-state index contributed by atoms with van der Waals surface area (Å²) >= 11 is 0. The maximum Gasteiger partial charge on any atom is 0.319 e. The smallest absolute Gasteiger partial charge is 0.319 e. The molecular weight excluding hydrogens is 316 g/mol. The normalized spacial score (nSPS) is 14.3. The van der Waals surface area contributed by atoms with Crippen molar-refractivity contribution in [1.29, 1.82) is 0 Å². The number of rotatable bonds is 5. The van der Waals surface area contributed by atoms with E-state index in [9.17, 15) is 9.90 Å². The van der Waals surface area contributed by atoms with Crippen molar-refractivity contribution < 1.29 is 14.6 Å². The number of methoxy groups -OCH3 is 1. The highest BCUT2D eigenvalue weighted by atomic mass is 16.5. The van der Waals surface area contributed by atoms with Crippen molar-refractivity contribution in [2.24, 2.45) is 0 Å². The predicted molar refractivity (Wildman–Crippen MR) is 98.1 cm³/mol. The molecule has 0 saturated carbocycles. The first-order valence-corrected chi connectivity index (χ1v) is 8.65. The molecule has 1 aliphatic rings. The van der Waals surface area contributed by atoms with Gasteiger partial charge in [-0.25, -0.2) is 4.79 Å². The molecule has 132 valence electrons. The molecule has 2 aromatic carbocycles. The number of carbonyl (C=O) groups excluding carboxylic acids is 1. The number of aliphatic hydroxyl groups excluding tert-OH is 1. The molecule has 5 heteroatoms. The first-order valence-electron chi connectivity index (χ1n) is 8.65. The van der Waals surface area contributed by atoms with Crippen LogP contribution in [0.3, 0.4) is 0 Å². The Bertz CT molecular complexity index is 728. The molecule has 1 atom stereocenters. The minimum Gasteiger partial charge on any atom is -0.497 e. The number of aliphatic hydroxyl groups is 1. The molecule has 1 aliphatic carbocycles. The van der Waals surface area contributed by atoms with E-state index in [1.165, 1.54) is 17.5 Å². The molecule has 3 rings (SSSR count). The van der Waals surface area contributed by atoms with Gasteiger partial charge in [0.15, 0.2) is 0 Å². The number of carbonyl (C=O) groups is 1. The standard InChI is InChI=1S/C20H24N2O3/c1-25-16-11-9-15(10-12-16)19(23)13-21-20(24)22-18-8-4-6-14-5-2-3-7-17(14)18/h4,6,8-12,19,23H,2-3,5,7,13H2,1H3,(H2,21,22,24)/t19-/m1/s1. The summed E-state index contributed by atoms with van der Waals surface area (Å²) in [4.78, 5) is 12.2. The lowest BCUT2D eigenvalue weighted by atomic mass is 9.90. The second kappa shape index (κ2) is 8.03. The Morgan fingerprint density at radius 2 is 1.92 bits per heavy atom. The molecule has 0 aromatic heterocycles. The summed E-state index contributed by atoms with van der Waals surface area (Å²) in [6.45, 7) is 0.146. The number of ether oxygens (including phenoxy) is 1. The molecule has 0 spiro atoms. The van der Waals surface area contributed by atoms with E-state index in [0.29, 0.717) is 0 Å². The van der Waals surface area contributed by atoms with E-state index in [-0.39, 0.29) is 12.6 Å². The Hall–Kier alpha value is -2.53. The van der Waals surface area contributed by atoms with Crippen molar-refractivity contribution in [3.63, 3.8) is 0 Å². The van der Waals surface area contributed by atoms with Crippen molar-refractivity contribution in [3.05, 3.63) is 59.2 Å². The minimum atomic E-state index is -0.763. The summed E-state index contributed by atoms with van der Waals surface area (Å²) in [6, 6.07) is 12.9. The van der Waals surface area contributed by atoms with E-state index in [2.05, 4.69) is 16.7 Å². The zero-order valence-electron chi connectivity index (χ0n) is 14.4. The molecule has 25 heavy (non-hydrogen) atoms. The van der Waals surface area contributed by atoms with Gasteiger partial charge in [-0.3, -0.25) is 0 Å². The van der Waals surface area contributed by atoms with Crippen LogP contribution >= 0.6 is 0 Å². The lowest BCUT2D eigenvalue weighted by molar-refractivity contribution is 0.175. The number of nitrogens with one attached hydrogen (secondary N) is 2. The van der Waals surface area contributed by atoms with Crippen LogP contribution in [0.4, 0.5) is 10.5 Å². The topological polar surface area (TPSA) is 70.6 Å². The summed E-state index contributed by atoms with van der Waals surface area (Å²) < 4.78 is 5.10. The Balaban J connectivity index is 1.56. The molecule has 0 unspecified atom stereocenters. The number of anilines is 1. The predicted octanol–water partition coefficient (Wildman–Crippen LogP) is 3.43. The van der Waals surface area contributed by atoms with E-state index in [1.807, 2.05) is 12.1 Å². The summed E-state index contributed by atoms with van der Waals surface area (Å²) in [5.74, 6) is 0.732. The average Bonchev–Trinajstić information content (AvgIpc) is 2.66. The highest BCUT2D eigenvalue weighted by Gasteiger charge is 2.15. The van der Waals surface area contributed by atoms with Gasteiger partial charge in [-0.2, -0.15) is 0 Å². The fourth-order valence-electron chi connectivity index (χ4n) is 3.20. The molecule has 2 aromatic rings. The highest BCUT2D eigenvalue weighted by Crippen LogP contribution is 2.27. The third kappa shape index (κ3) is 4.31. The molecule has 0 radical (unpaired) electrons. The van der Waals surface area contributed by atoms with Crippen LogP contribution < -0.4 is 15.4 Å². The van der Waals surface area contributed by atoms with Gasteiger partial charge >= 0.3 is 6.03 Å². The molecule has 0 aliphatic heterocycles. The maximum atomic E-state index is 12.2. The summed E-state index contributed by atoms with van der Waals surface area (Å²) in [5, 5.41) is 15.9. The van der Waals surface area contributed by atoms with Gasteiger partial charge < -0.3 is 20.5 Å². The molecule has 3 N–H and O–H groups in total. The first-order chi connectivity index (χ1) is 12.2. The van der Waals surface area contributed by atoms with Gasteiger partial charge in [-0.15, -0.1) is 0 Å². The Morgan fingerprint density at radius 1 is 1.16 bits per heavy atom. The summed E-state index contributed by atoms with van der Waals surface area (Å²) in [7, 11) is 1.60. The highest BCUT2D eigenvalue weighted by molar-refractivity contribution is 5.90. The van der Waals surface area contributed by atoms with E-state index >= 15 is 0 Å². The van der Waals surface area contributed by atoms with Crippen molar-refractivity contribution in [3.8, 4) is 5.75 Å². The molecule has 0 heterocycles.